The van der Waals surface area contributed by atoms with Gasteiger partial charge in [0.2, 0.25) is 0 Å². The second-order valence-corrected chi connectivity index (χ2v) is 3.53. The van der Waals surface area contributed by atoms with Crippen LogP contribution < -0.4 is 5.32 Å². The van der Waals surface area contributed by atoms with E-state index in [9.17, 15) is 9.18 Å². The summed E-state index contributed by atoms with van der Waals surface area (Å²) in [5.41, 5.74) is 0.910. The van der Waals surface area contributed by atoms with Crippen molar-refractivity contribution in [3.63, 3.8) is 0 Å². The summed E-state index contributed by atoms with van der Waals surface area (Å²) < 4.78 is 13.9. The number of carbonyl (C=O) groups is 1. The lowest BCUT2D eigenvalue weighted by Gasteiger charge is -2.05. The number of hydrogen-bond acceptors (Lipinski definition) is 1. The molecule has 0 aliphatic heterocycles. The van der Waals surface area contributed by atoms with Crippen LogP contribution in [0, 0.1) is 25.1 Å². The lowest BCUT2D eigenvalue weighted by molar-refractivity contribution is -0.111. The number of rotatable bonds is 1. The van der Waals surface area contributed by atoms with Crippen LogP contribution in [0.4, 0.5) is 10.1 Å². The predicted molar refractivity (Wildman–Crippen MR) is 56.3 cm³/mol. The molecule has 1 aromatic rings. The van der Waals surface area contributed by atoms with Crippen molar-refractivity contribution in [2.24, 2.45) is 0 Å². The Hall–Kier alpha value is -1.34. The molecule has 1 N–H and O–H groups in total. The third kappa shape index (κ3) is 2.33. The van der Waals surface area contributed by atoms with Gasteiger partial charge in [-0.15, -0.1) is 6.42 Å². The zero-order valence-corrected chi connectivity index (χ0v) is 8.98. The Bertz CT molecular complexity index is 423. The number of carbonyl (C=O) groups excluding carboxylic acids is 1. The predicted octanol–water partition coefficient (Wildman–Crippen LogP) is 2.47. The molecule has 0 heterocycles. The first-order valence-electron chi connectivity index (χ1n) is 3.78. The molecule has 0 saturated carbocycles. The highest BCUT2D eigenvalue weighted by molar-refractivity contribution is 9.10. The zero-order valence-electron chi connectivity index (χ0n) is 7.40. The molecule has 0 saturated heterocycles. The maximum absolute atomic E-state index is 13.2. The number of benzene rings is 1. The first kappa shape index (κ1) is 10.7. The van der Waals surface area contributed by atoms with Crippen LogP contribution in [-0.2, 0) is 4.79 Å². The van der Waals surface area contributed by atoms with Crippen LogP contribution in [0.25, 0.3) is 0 Å². The molecule has 1 rings (SSSR count). The minimum atomic E-state index is -0.661. The summed E-state index contributed by atoms with van der Waals surface area (Å²) in [6, 6.07) is 2.79. The molecule has 14 heavy (non-hydrogen) atoms. The minimum absolute atomic E-state index is 0.0913. The standard InChI is InChI=1S/C10H7BrFNO/c1-3-10(14)13-9-4-6(2)7(11)5-8(9)12/h1,4-5H,2H3,(H,13,14). The first-order valence-corrected chi connectivity index (χ1v) is 4.57. The Morgan fingerprint density at radius 1 is 1.64 bits per heavy atom. The van der Waals surface area contributed by atoms with Gasteiger partial charge in [-0.25, -0.2) is 4.39 Å². The Morgan fingerprint density at radius 3 is 2.86 bits per heavy atom. The first-order chi connectivity index (χ1) is 6.54. The SMILES string of the molecule is C#CC(=O)Nc1cc(C)c(Br)cc1F. The Labute approximate surface area is 89.6 Å². The summed E-state index contributed by atoms with van der Waals surface area (Å²) >= 11 is 3.17. The summed E-state index contributed by atoms with van der Waals surface area (Å²) in [7, 11) is 0. The van der Waals surface area contributed by atoms with E-state index in [-0.39, 0.29) is 5.69 Å². The highest BCUT2D eigenvalue weighted by Crippen LogP contribution is 2.23. The normalized spacial score (nSPS) is 9.29. The topological polar surface area (TPSA) is 29.1 Å². The Kier molecular flexibility index (Phi) is 3.26. The van der Waals surface area contributed by atoms with E-state index in [4.69, 9.17) is 6.42 Å². The second kappa shape index (κ2) is 4.25. The molecule has 0 aliphatic rings. The quantitative estimate of drug-likeness (QED) is 0.768. The number of aryl methyl sites for hydroxylation is 1. The van der Waals surface area contributed by atoms with Crippen molar-refractivity contribution in [3.8, 4) is 12.3 Å². The molecule has 0 radical (unpaired) electrons. The largest absolute Gasteiger partial charge is 0.313 e. The number of halogens is 2. The van der Waals surface area contributed by atoms with Gasteiger partial charge in [-0.1, -0.05) is 15.9 Å². The van der Waals surface area contributed by atoms with Crippen LogP contribution in [0.3, 0.4) is 0 Å². The van der Waals surface area contributed by atoms with Gasteiger partial charge in [0.05, 0.1) is 5.69 Å². The maximum Gasteiger partial charge on any atom is 0.300 e. The highest BCUT2D eigenvalue weighted by Gasteiger charge is 2.07. The van der Waals surface area contributed by atoms with Crippen LogP contribution >= 0.6 is 15.9 Å². The maximum atomic E-state index is 13.2. The second-order valence-electron chi connectivity index (χ2n) is 2.68. The molecule has 72 valence electrons. The third-order valence-corrected chi connectivity index (χ3v) is 2.48. The zero-order chi connectivity index (χ0) is 10.7. The smallest absolute Gasteiger partial charge is 0.300 e. The van der Waals surface area contributed by atoms with Crippen LogP contribution in [0.1, 0.15) is 5.56 Å². The number of hydrogen-bond donors (Lipinski definition) is 1. The average Bonchev–Trinajstić information content (AvgIpc) is 2.14. The molecule has 0 aromatic heterocycles. The molecule has 0 unspecified atom stereocenters. The van der Waals surface area contributed by atoms with Gasteiger partial charge in [0.15, 0.2) is 0 Å². The van der Waals surface area contributed by atoms with E-state index < -0.39 is 11.7 Å². The van der Waals surface area contributed by atoms with E-state index >= 15 is 0 Å². The molecule has 0 atom stereocenters. The van der Waals surface area contributed by atoms with Crippen molar-refractivity contribution in [2.75, 3.05) is 5.32 Å². The summed E-state index contributed by atoms with van der Waals surface area (Å²) in [6.45, 7) is 1.79. The summed E-state index contributed by atoms with van der Waals surface area (Å²) in [4.78, 5) is 10.8. The summed E-state index contributed by atoms with van der Waals surface area (Å²) in [5.74, 6) is 0.663. The lowest BCUT2D eigenvalue weighted by atomic mass is 10.2. The Balaban J connectivity index is 3.05. The van der Waals surface area contributed by atoms with E-state index in [1.54, 1.807) is 6.92 Å². The fourth-order valence-corrected chi connectivity index (χ4v) is 1.23. The van der Waals surface area contributed by atoms with E-state index in [0.717, 1.165) is 5.56 Å². The molecular weight excluding hydrogens is 249 g/mol. The van der Waals surface area contributed by atoms with Gasteiger partial charge in [0.1, 0.15) is 5.82 Å². The van der Waals surface area contributed by atoms with Crippen LogP contribution in [0.15, 0.2) is 16.6 Å². The van der Waals surface area contributed by atoms with E-state index in [0.29, 0.717) is 4.47 Å². The molecule has 4 heteroatoms. The van der Waals surface area contributed by atoms with Gasteiger partial charge in [-0.2, -0.15) is 0 Å². The van der Waals surface area contributed by atoms with Gasteiger partial charge in [0.25, 0.3) is 5.91 Å². The molecule has 0 spiro atoms. The van der Waals surface area contributed by atoms with Crippen LogP contribution in [0.5, 0.6) is 0 Å². The van der Waals surface area contributed by atoms with Crippen LogP contribution in [-0.4, -0.2) is 5.91 Å². The van der Waals surface area contributed by atoms with Crippen molar-refractivity contribution in [1.29, 1.82) is 0 Å². The van der Waals surface area contributed by atoms with E-state index in [1.165, 1.54) is 12.1 Å². The fraction of sp³-hybridized carbons (Fsp3) is 0.100. The molecule has 1 aromatic carbocycles. The highest BCUT2D eigenvalue weighted by atomic mass is 79.9. The van der Waals surface area contributed by atoms with Gasteiger partial charge < -0.3 is 5.32 Å². The summed E-state index contributed by atoms with van der Waals surface area (Å²) in [6.07, 6.45) is 4.84. The minimum Gasteiger partial charge on any atom is -0.313 e. The lowest BCUT2D eigenvalue weighted by Crippen LogP contribution is -2.09. The molecule has 0 bridgehead atoms. The van der Waals surface area contributed by atoms with Crippen molar-refractivity contribution in [1.82, 2.24) is 0 Å². The fourth-order valence-electron chi connectivity index (χ4n) is 0.911. The van der Waals surface area contributed by atoms with Gasteiger partial charge in [-0.3, -0.25) is 4.79 Å². The molecule has 0 fully saturated rings. The molecular formula is C10H7BrFNO. The van der Waals surface area contributed by atoms with Crippen molar-refractivity contribution in [3.05, 3.63) is 28.0 Å². The monoisotopic (exact) mass is 255 g/mol. The molecule has 1 amide bonds. The number of anilines is 1. The molecule has 2 nitrogen and oxygen atoms in total. The van der Waals surface area contributed by atoms with Gasteiger partial charge in [0, 0.05) is 4.47 Å². The van der Waals surface area contributed by atoms with Crippen LogP contribution in [0.2, 0.25) is 0 Å². The number of terminal acetylenes is 1. The number of amides is 1. The molecule has 0 aliphatic carbocycles. The van der Waals surface area contributed by atoms with Crippen molar-refractivity contribution < 1.29 is 9.18 Å². The summed E-state index contributed by atoms with van der Waals surface area (Å²) in [5, 5.41) is 2.26. The van der Waals surface area contributed by atoms with Crippen molar-refractivity contribution >= 4 is 27.5 Å². The third-order valence-electron chi connectivity index (χ3n) is 1.63. The van der Waals surface area contributed by atoms with Gasteiger partial charge >= 0.3 is 0 Å². The van der Waals surface area contributed by atoms with Crippen molar-refractivity contribution in [2.45, 2.75) is 6.92 Å². The number of nitrogens with one attached hydrogen (secondary N) is 1. The van der Waals surface area contributed by atoms with E-state index in [1.807, 2.05) is 5.92 Å². The van der Waals surface area contributed by atoms with E-state index in [2.05, 4.69) is 21.2 Å². The Morgan fingerprint density at radius 2 is 2.29 bits per heavy atom. The van der Waals surface area contributed by atoms with Gasteiger partial charge in [-0.05, 0) is 30.5 Å². The average molecular weight is 256 g/mol.